The van der Waals surface area contributed by atoms with Crippen LogP contribution in [0.1, 0.15) is 43.8 Å². The largest absolute Gasteiger partial charge is 0.463 e. The fraction of sp³-hybridized carbons (Fsp3) is 0.765. The van der Waals surface area contributed by atoms with Crippen LogP contribution in [0.5, 0.6) is 0 Å². The van der Waals surface area contributed by atoms with E-state index >= 15 is 0 Å². The van der Waals surface area contributed by atoms with Gasteiger partial charge >= 0.3 is 0 Å². The fourth-order valence-corrected chi connectivity index (χ4v) is 3.04. The van der Waals surface area contributed by atoms with Crippen molar-refractivity contribution in [2.75, 3.05) is 27.2 Å². The molecule has 1 aromatic heterocycles. The third-order valence-corrected chi connectivity index (χ3v) is 4.36. The van der Waals surface area contributed by atoms with E-state index in [1.807, 2.05) is 0 Å². The number of hydrogen-bond acceptors (Lipinski definition) is 4. The van der Waals surface area contributed by atoms with E-state index in [0.29, 0.717) is 12.1 Å². The van der Waals surface area contributed by atoms with Gasteiger partial charge in [-0.15, -0.1) is 0 Å². The summed E-state index contributed by atoms with van der Waals surface area (Å²) < 4.78 is 6.01. The van der Waals surface area contributed by atoms with Crippen LogP contribution in [0.2, 0.25) is 0 Å². The average molecular weight is 293 g/mol. The van der Waals surface area contributed by atoms with Crippen molar-refractivity contribution in [2.24, 2.45) is 0 Å². The maximum absolute atomic E-state index is 6.01. The molecule has 1 N–H and O–H groups in total. The molecule has 0 radical (unpaired) electrons. The molecule has 0 amide bonds. The van der Waals surface area contributed by atoms with Crippen LogP contribution in [0, 0.1) is 6.92 Å². The highest BCUT2D eigenvalue weighted by atomic mass is 16.3. The smallest absolute Gasteiger partial charge is 0.120 e. The Balaban J connectivity index is 1.85. The number of rotatable bonds is 7. The summed E-state index contributed by atoms with van der Waals surface area (Å²) in [4.78, 5) is 4.85. The van der Waals surface area contributed by atoms with Crippen LogP contribution < -0.4 is 5.32 Å². The van der Waals surface area contributed by atoms with E-state index in [1.165, 1.54) is 24.9 Å². The number of likely N-dealkylation sites (tertiary alicyclic amines) is 1. The summed E-state index contributed by atoms with van der Waals surface area (Å²) >= 11 is 0. The molecule has 1 fully saturated rings. The first-order chi connectivity index (χ1) is 9.95. The Kier molecular flexibility index (Phi) is 5.85. The minimum atomic E-state index is 0.485. The molecule has 1 aliphatic heterocycles. The van der Waals surface area contributed by atoms with Gasteiger partial charge in [0.15, 0.2) is 0 Å². The summed E-state index contributed by atoms with van der Waals surface area (Å²) in [7, 11) is 4.42. The van der Waals surface area contributed by atoms with Gasteiger partial charge in [0.05, 0.1) is 13.1 Å². The number of likely N-dealkylation sites (N-methyl/N-ethyl adjacent to an activating group) is 2. The van der Waals surface area contributed by atoms with E-state index in [2.05, 4.69) is 56.0 Å². The molecule has 0 bridgehead atoms. The number of aryl methyl sites for hydroxylation is 1. The quantitative estimate of drug-likeness (QED) is 0.837. The van der Waals surface area contributed by atoms with Crippen molar-refractivity contribution >= 4 is 0 Å². The van der Waals surface area contributed by atoms with Crippen molar-refractivity contribution in [3.8, 4) is 0 Å². The lowest BCUT2D eigenvalue weighted by atomic mass is 10.2. The van der Waals surface area contributed by atoms with Gasteiger partial charge in [0.1, 0.15) is 11.5 Å². The average Bonchev–Trinajstić information content (AvgIpc) is 2.94. The minimum Gasteiger partial charge on any atom is -0.463 e. The zero-order chi connectivity index (χ0) is 15.4. The van der Waals surface area contributed by atoms with Gasteiger partial charge in [-0.1, -0.05) is 13.8 Å². The molecule has 0 spiro atoms. The molecule has 0 aliphatic carbocycles. The molecule has 1 aromatic rings. The van der Waals surface area contributed by atoms with Gasteiger partial charge in [0.25, 0.3) is 0 Å². The Morgan fingerprint density at radius 2 is 2.24 bits per heavy atom. The maximum Gasteiger partial charge on any atom is 0.120 e. The predicted octanol–water partition coefficient (Wildman–Crippen LogP) is 2.61. The highest BCUT2D eigenvalue weighted by molar-refractivity contribution is 5.20. The van der Waals surface area contributed by atoms with Crippen LogP contribution in [0.15, 0.2) is 10.5 Å². The number of nitrogens with one attached hydrogen (secondary N) is 1. The monoisotopic (exact) mass is 293 g/mol. The fourth-order valence-electron chi connectivity index (χ4n) is 3.04. The summed E-state index contributed by atoms with van der Waals surface area (Å²) in [6, 6.07) is 3.37. The lowest BCUT2D eigenvalue weighted by Gasteiger charge is -2.25. The minimum absolute atomic E-state index is 0.485. The standard InChI is InChI=1S/C17H31N3O/c1-13(2)18-10-17-14(3)9-16(21-17)12-19(4)11-15-7-6-8-20(15)5/h9,13,15,18H,6-8,10-12H2,1-5H3. The molecule has 1 saturated heterocycles. The Hall–Kier alpha value is -0.840. The first-order valence-electron chi connectivity index (χ1n) is 8.16. The maximum atomic E-state index is 6.01. The zero-order valence-corrected chi connectivity index (χ0v) is 14.3. The summed E-state index contributed by atoms with van der Waals surface area (Å²) in [6.45, 7) is 10.5. The molecular formula is C17H31N3O. The van der Waals surface area contributed by atoms with Gasteiger partial charge in [-0.25, -0.2) is 0 Å². The van der Waals surface area contributed by atoms with Crippen molar-refractivity contribution < 1.29 is 4.42 Å². The molecule has 1 atom stereocenters. The molecule has 1 unspecified atom stereocenters. The molecular weight excluding hydrogens is 262 g/mol. The van der Waals surface area contributed by atoms with Crippen molar-refractivity contribution in [3.63, 3.8) is 0 Å². The van der Waals surface area contributed by atoms with E-state index in [4.69, 9.17) is 4.42 Å². The Morgan fingerprint density at radius 1 is 1.48 bits per heavy atom. The Labute approximate surface area is 129 Å². The topological polar surface area (TPSA) is 31.6 Å². The SMILES string of the molecule is Cc1cc(CN(C)CC2CCCN2C)oc1CNC(C)C. The summed E-state index contributed by atoms with van der Waals surface area (Å²) in [6.07, 6.45) is 2.65. The lowest BCUT2D eigenvalue weighted by Crippen LogP contribution is -2.36. The molecule has 0 saturated carbocycles. The third-order valence-electron chi connectivity index (χ3n) is 4.36. The van der Waals surface area contributed by atoms with Gasteiger partial charge < -0.3 is 14.6 Å². The van der Waals surface area contributed by atoms with Crippen molar-refractivity contribution in [2.45, 2.75) is 58.8 Å². The molecule has 21 heavy (non-hydrogen) atoms. The predicted molar refractivity (Wildman–Crippen MR) is 87.4 cm³/mol. The summed E-state index contributed by atoms with van der Waals surface area (Å²) in [5, 5.41) is 3.42. The van der Waals surface area contributed by atoms with E-state index in [0.717, 1.165) is 31.2 Å². The van der Waals surface area contributed by atoms with Gasteiger partial charge in [0, 0.05) is 18.6 Å². The van der Waals surface area contributed by atoms with Crippen LogP contribution in [-0.4, -0.2) is 49.1 Å². The van der Waals surface area contributed by atoms with Crippen LogP contribution in [0.25, 0.3) is 0 Å². The second-order valence-corrected chi connectivity index (χ2v) is 6.83. The van der Waals surface area contributed by atoms with Gasteiger partial charge in [-0.3, -0.25) is 4.90 Å². The highest BCUT2D eigenvalue weighted by Crippen LogP contribution is 2.19. The van der Waals surface area contributed by atoms with Crippen molar-refractivity contribution in [1.29, 1.82) is 0 Å². The molecule has 2 rings (SSSR count). The van der Waals surface area contributed by atoms with Gasteiger partial charge in [0.2, 0.25) is 0 Å². The second kappa shape index (κ2) is 7.43. The van der Waals surface area contributed by atoms with Gasteiger partial charge in [-0.2, -0.15) is 0 Å². The lowest BCUT2D eigenvalue weighted by molar-refractivity contribution is 0.204. The van der Waals surface area contributed by atoms with E-state index in [9.17, 15) is 0 Å². The molecule has 2 heterocycles. The first kappa shape index (κ1) is 16.5. The van der Waals surface area contributed by atoms with E-state index < -0.39 is 0 Å². The third kappa shape index (κ3) is 4.83. The first-order valence-corrected chi connectivity index (χ1v) is 8.16. The van der Waals surface area contributed by atoms with Crippen LogP contribution in [0.3, 0.4) is 0 Å². The van der Waals surface area contributed by atoms with E-state index in [-0.39, 0.29) is 0 Å². The van der Waals surface area contributed by atoms with E-state index in [1.54, 1.807) is 0 Å². The number of furan rings is 1. The molecule has 4 nitrogen and oxygen atoms in total. The zero-order valence-electron chi connectivity index (χ0n) is 14.3. The van der Waals surface area contributed by atoms with Crippen molar-refractivity contribution in [3.05, 3.63) is 23.2 Å². The van der Waals surface area contributed by atoms with Crippen LogP contribution in [-0.2, 0) is 13.1 Å². The van der Waals surface area contributed by atoms with Crippen LogP contribution >= 0.6 is 0 Å². The molecule has 0 aromatic carbocycles. The Morgan fingerprint density at radius 3 is 2.86 bits per heavy atom. The normalized spacial score (nSPS) is 20.0. The summed E-state index contributed by atoms with van der Waals surface area (Å²) in [5.41, 5.74) is 1.25. The number of nitrogens with zero attached hydrogens (tertiary/aromatic N) is 2. The summed E-state index contributed by atoms with van der Waals surface area (Å²) in [5.74, 6) is 2.15. The Bertz CT molecular complexity index is 441. The highest BCUT2D eigenvalue weighted by Gasteiger charge is 2.22. The molecule has 120 valence electrons. The number of hydrogen-bond donors (Lipinski definition) is 1. The van der Waals surface area contributed by atoms with Crippen LogP contribution in [0.4, 0.5) is 0 Å². The molecule has 1 aliphatic rings. The van der Waals surface area contributed by atoms with Crippen molar-refractivity contribution in [1.82, 2.24) is 15.1 Å². The second-order valence-electron chi connectivity index (χ2n) is 6.83. The molecule has 4 heteroatoms. The van der Waals surface area contributed by atoms with Gasteiger partial charge in [-0.05, 0) is 52.0 Å².